The van der Waals surface area contributed by atoms with E-state index in [4.69, 9.17) is 9.05 Å². The SMILES string of the molecule is CCCCCCCCCC/C=C\CCCCCCCCCCCCCCCCCCCCCCCCCCCCCCCC(=O)NC(COP(=O)(O)OCC[N+](C)(C)C)C(O)/C=C/CCCCCCCCCCCCCCCCCCC. The number of rotatable bonds is 69. The van der Waals surface area contributed by atoms with Crippen molar-refractivity contribution in [1.82, 2.24) is 5.32 Å². The molecule has 0 aliphatic heterocycles. The van der Waals surface area contributed by atoms with Crippen molar-refractivity contribution < 1.29 is 32.9 Å². The third-order valence-electron chi connectivity index (χ3n) is 17.2. The Morgan fingerprint density at radius 1 is 0.402 bits per heavy atom. The molecule has 0 radical (unpaired) electrons. The Bertz CT molecular complexity index is 1390. The van der Waals surface area contributed by atoms with Gasteiger partial charge in [0.2, 0.25) is 5.91 Å². The number of nitrogens with zero attached hydrogens (tertiary/aromatic N) is 1. The van der Waals surface area contributed by atoms with Gasteiger partial charge in [-0.2, -0.15) is 0 Å². The van der Waals surface area contributed by atoms with Gasteiger partial charge in [0.25, 0.3) is 0 Å². The number of likely N-dealkylation sites (N-methyl/N-ethyl adjacent to an activating group) is 1. The number of allylic oxidation sites excluding steroid dienone is 3. The maximum Gasteiger partial charge on any atom is 0.472 e. The minimum absolute atomic E-state index is 0.0648. The molecule has 488 valence electrons. The number of hydrogen-bond acceptors (Lipinski definition) is 5. The summed E-state index contributed by atoms with van der Waals surface area (Å²) in [5, 5.41) is 14.0. The van der Waals surface area contributed by atoms with Gasteiger partial charge in [0.1, 0.15) is 13.2 Å². The Kier molecular flexibility index (Phi) is 63.7. The minimum atomic E-state index is -4.35. The Hall–Kier alpha value is -1.02. The first kappa shape index (κ1) is 81.0. The molecule has 1 amide bonds. The second-order valence-corrected chi connectivity index (χ2v) is 28.1. The molecule has 0 heterocycles. The summed E-state index contributed by atoms with van der Waals surface area (Å²) in [6.45, 7) is 4.88. The number of aliphatic hydroxyl groups excluding tert-OH is 1. The number of hydrogen-bond donors (Lipinski definition) is 3. The number of carbonyl (C=O) groups excluding carboxylic acids is 1. The van der Waals surface area contributed by atoms with Gasteiger partial charge < -0.3 is 19.8 Å². The Morgan fingerprint density at radius 2 is 0.659 bits per heavy atom. The fourth-order valence-corrected chi connectivity index (χ4v) is 12.2. The highest BCUT2D eigenvalue weighted by atomic mass is 31.2. The van der Waals surface area contributed by atoms with Crippen LogP contribution in [0.3, 0.4) is 0 Å². The van der Waals surface area contributed by atoms with E-state index >= 15 is 0 Å². The van der Waals surface area contributed by atoms with E-state index in [-0.39, 0.29) is 19.1 Å². The largest absolute Gasteiger partial charge is 0.472 e. The molecular formula is C73H146N2O6P+. The van der Waals surface area contributed by atoms with E-state index in [1.165, 1.54) is 334 Å². The van der Waals surface area contributed by atoms with Gasteiger partial charge in [-0.15, -0.1) is 0 Å². The van der Waals surface area contributed by atoms with Gasteiger partial charge >= 0.3 is 7.82 Å². The molecule has 82 heavy (non-hydrogen) atoms. The molecule has 0 aromatic carbocycles. The summed E-state index contributed by atoms with van der Waals surface area (Å²) < 4.78 is 23.8. The number of amides is 1. The van der Waals surface area contributed by atoms with Crippen molar-refractivity contribution in [1.29, 1.82) is 0 Å². The number of phosphoric ester groups is 1. The van der Waals surface area contributed by atoms with Gasteiger partial charge in [0, 0.05) is 6.42 Å². The maximum absolute atomic E-state index is 13.0. The van der Waals surface area contributed by atoms with Gasteiger partial charge in [0.15, 0.2) is 0 Å². The normalized spacial score (nSPS) is 13.7. The van der Waals surface area contributed by atoms with Crippen LogP contribution in [0.1, 0.15) is 386 Å². The molecule has 0 spiro atoms. The zero-order chi connectivity index (χ0) is 59.8. The molecule has 0 aliphatic carbocycles. The van der Waals surface area contributed by atoms with Gasteiger partial charge in [-0.1, -0.05) is 359 Å². The van der Waals surface area contributed by atoms with Crippen molar-refractivity contribution in [2.45, 2.75) is 398 Å². The van der Waals surface area contributed by atoms with E-state index < -0.39 is 20.0 Å². The first-order valence-corrected chi connectivity index (χ1v) is 38.2. The highest BCUT2D eigenvalue weighted by molar-refractivity contribution is 7.47. The zero-order valence-electron chi connectivity index (χ0n) is 56.0. The standard InChI is InChI=1S/C73H145N2O6P/c1-6-8-10-12-14-16-18-20-22-24-26-27-28-29-30-31-32-33-34-35-36-37-38-39-40-41-42-43-44-45-46-47-49-51-53-55-57-59-61-63-65-67-73(77)74-71(70-81-82(78,79)80-69-68-75(3,4)5)72(76)66-64-62-60-58-56-54-52-50-48-25-23-21-19-17-15-13-11-9-7-2/h24,26,64,66,71-72,76H,6-23,25,27-63,65,67-70H2,1-5H3,(H-,74,77,78,79)/p+1/b26-24-,66-64+. The molecule has 3 unspecified atom stereocenters. The van der Waals surface area contributed by atoms with Crippen LogP contribution in [-0.2, 0) is 18.4 Å². The lowest BCUT2D eigenvalue weighted by atomic mass is 10.0. The molecule has 0 rings (SSSR count). The van der Waals surface area contributed by atoms with Crippen LogP contribution in [0.25, 0.3) is 0 Å². The van der Waals surface area contributed by atoms with Gasteiger partial charge in [0.05, 0.1) is 39.9 Å². The van der Waals surface area contributed by atoms with Crippen LogP contribution in [0, 0.1) is 0 Å². The Balaban J connectivity index is 3.87. The Morgan fingerprint density at radius 3 is 0.939 bits per heavy atom. The summed E-state index contributed by atoms with van der Waals surface area (Å²) in [4.78, 5) is 23.4. The highest BCUT2D eigenvalue weighted by Gasteiger charge is 2.28. The van der Waals surface area contributed by atoms with Gasteiger partial charge in [-0.3, -0.25) is 13.8 Å². The summed E-state index contributed by atoms with van der Waals surface area (Å²) in [5.74, 6) is -0.168. The lowest BCUT2D eigenvalue weighted by molar-refractivity contribution is -0.870. The maximum atomic E-state index is 13.0. The fourth-order valence-electron chi connectivity index (χ4n) is 11.5. The van der Waals surface area contributed by atoms with E-state index in [9.17, 15) is 19.4 Å². The van der Waals surface area contributed by atoms with Gasteiger partial charge in [-0.25, -0.2) is 4.57 Å². The molecule has 0 aromatic heterocycles. The lowest BCUT2D eigenvalue weighted by Gasteiger charge is -2.25. The number of phosphoric acid groups is 1. The van der Waals surface area contributed by atoms with E-state index in [1.807, 2.05) is 27.2 Å². The quantitative estimate of drug-likeness (QED) is 0.0243. The minimum Gasteiger partial charge on any atom is -0.387 e. The molecule has 0 bridgehead atoms. The number of unbranched alkanes of at least 4 members (excludes halogenated alkanes) is 54. The molecule has 0 saturated carbocycles. The number of quaternary nitrogens is 1. The Labute approximate surface area is 513 Å². The van der Waals surface area contributed by atoms with Crippen molar-refractivity contribution in [3.05, 3.63) is 24.3 Å². The monoisotopic (exact) mass is 1180 g/mol. The number of nitrogens with one attached hydrogen (secondary N) is 1. The van der Waals surface area contributed by atoms with Crippen LogP contribution in [-0.4, -0.2) is 73.4 Å². The molecule has 9 heteroatoms. The van der Waals surface area contributed by atoms with E-state index in [2.05, 4.69) is 31.3 Å². The summed E-state index contributed by atoms with van der Waals surface area (Å²) in [6, 6.07) is -0.844. The van der Waals surface area contributed by atoms with Crippen LogP contribution < -0.4 is 5.32 Å². The summed E-state index contributed by atoms with van der Waals surface area (Å²) in [5.41, 5.74) is 0. The van der Waals surface area contributed by atoms with Crippen LogP contribution in [0.15, 0.2) is 24.3 Å². The van der Waals surface area contributed by atoms with Crippen LogP contribution >= 0.6 is 7.82 Å². The summed E-state index contributed by atoms with van der Waals surface area (Å²) >= 11 is 0. The predicted molar refractivity (Wildman–Crippen MR) is 360 cm³/mol. The van der Waals surface area contributed by atoms with Crippen LogP contribution in [0.2, 0.25) is 0 Å². The summed E-state index contributed by atoms with van der Waals surface area (Å²) in [7, 11) is 1.59. The van der Waals surface area contributed by atoms with E-state index in [1.54, 1.807) is 6.08 Å². The topological polar surface area (TPSA) is 105 Å². The average Bonchev–Trinajstić information content (AvgIpc) is 3.47. The van der Waals surface area contributed by atoms with Crippen molar-refractivity contribution >= 4 is 13.7 Å². The first-order valence-electron chi connectivity index (χ1n) is 36.7. The van der Waals surface area contributed by atoms with Crippen molar-refractivity contribution in [3.8, 4) is 0 Å². The molecule has 3 atom stereocenters. The molecule has 8 nitrogen and oxygen atoms in total. The van der Waals surface area contributed by atoms with Gasteiger partial charge in [-0.05, 0) is 44.9 Å². The van der Waals surface area contributed by atoms with E-state index in [0.29, 0.717) is 17.4 Å². The second-order valence-electron chi connectivity index (χ2n) is 26.7. The summed E-state index contributed by atoms with van der Waals surface area (Å²) in [6.07, 6.45) is 85.0. The number of aliphatic hydroxyl groups is 1. The van der Waals surface area contributed by atoms with Crippen molar-refractivity contribution in [2.75, 3.05) is 40.9 Å². The molecule has 3 N–H and O–H groups in total. The smallest absolute Gasteiger partial charge is 0.387 e. The van der Waals surface area contributed by atoms with Crippen LogP contribution in [0.5, 0.6) is 0 Å². The average molecular weight is 1180 g/mol. The molecule has 0 fully saturated rings. The number of carbonyl (C=O) groups is 1. The second kappa shape index (κ2) is 64.5. The molecule has 0 aliphatic rings. The first-order chi connectivity index (χ1) is 40.0. The zero-order valence-corrected chi connectivity index (χ0v) is 56.9. The predicted octanol–water partition coefficient (Wildman–Crippen LogP) is 23.4. The third kappa shape index (κ3) is 66.5. The third-order valence-corrected chi connectivity index (χ3v) is 18.1. The van der Waals surface area contributed by atoms with Crippen molar-refractivity contribution in [2.24, 2.45) is 0 Å². The van der Waals surface area contributed by atoms with Crippen molar-refractivity contribution in [3.63, 3.8) is 0 Å². The molecule has 0 saturated heterocycles. The highest BCUT2D eigenvalue weighted by Crippen LogP contribution is 2.43. The lowest BCUT2D eigenvalue weighted by Crippen LogP contribution is -2.45. The van der Waals surface area contributed by atoms with Crippen LogP contribution in [0.4, 0.5) is 0 Å². The fraction of sp³-hybridized carbons (Fsp3) is 0.932. The molecular weight excluding hydrogens is 1030 g/mol. The molecule has 0 aromatic rings. The van der Waals surface area contributed by atoms with E-state index in [0.717, 1.165) is 32.1 Å².